The molecule has 1 aliphatic rings. The number of thioether (sulfide) groups is 1. The first-order chi connectivity index (χ1) is 16.5. The highest BCUT2D eigenvalue weighted by molar-refractivity contribution is 7.97. The fourth-order valence-electron chi connectivity index (χ4n) is 3.61. The zero-order valence-corrected chi connectivity index (χ0v) is 19.5. The molecule has 176 valence electrons. The number of hydrogen-bond acceptors (Lipinski definition) is 6. The minimum atomic E-state index is -0.582. The number of amides is 1. The zero-order valence-electron chi connectivity index (χ0n) is 18.7. The molecule has 9 heteroatoms. The molecule has 0 saturated carbocycles. The van der Waals surface area contributed by atoms with E-state index in [1.54, 1.807) is 17.8 Å². The van der Waals surface area contributed by atoms with Gasteiger partial charge in [-0.15, -0.1) is 0 Å². The lowest BCUT2D eigenvalue weighted by Crippen LogP contribution is -2.35. The molecule has 34 heavy (non-hydrogen) atoms. The largest absolute Gasteiger partial charge is 0.488 e. The SMILES string of the molecule is C=C1OCCn2c1nc(C(=O)NCc1ccc(F)cc1CSC)c(OCc1ccccc1)c2=O. The van der Waals surface area contributed by atoms with Crippen LogP contribution < -0.4 is 15.6 Å². The second-order valence-corrected chi connectivity index (χ2v) is 8.51. The number of fused-ring (bicyclic) bond motifs is 1. The number of hydrogen-bond donors (Lipinski definition) is 1. The molecule has 0 spiro atoms. The van der Waals surface area contributed by atoms with Crippen molar-refractivity contribution in [1.29, 1.82) is 0 Å². The fraction of sp³-hybridized carbons (Fsp3) is 0.240. The molecule has 0 fully saturated rings. The van der Waals surface area contributed by atoms with Crippen LogP contribution in [0.2, 0.25) is 0 Å². The number of benzene rings is 2. The Kier molecular flexibility index (Phi) is 7.32. The van der Waals surface area contributed by atoms with Crippen molar-refractivity contribution in [1.82, 2.24) is 14.9 Å². The van der Waals surface area contributed by atoms with Crippen molar-refractivity contribution in [2.45, 2.75) is 25.4 Å². The van der Waals surface area contributed by atoms with Crippen LogP contribution in [0.4, 0.5) is 4.39 Å². The van der Waals surface area contributed by atoms with Gasteiger partial charge in [-0.25, -0.2) is 9.37 Å². The van der Waals surface area contributed by atoms with Gasteiger partial charge in [0.1, 0.15) is 19.0 Å². The third kappa shape index (κ3) is 5.14. The van der Waals surface area contributed by atoms with Crippen molar-refractivity contribution in [3.63, 3.8) is 0 Å². The lowest BCUT2D eigenvalue weighted by Gasteiger charge is -2.22. The maximum Gasteiger partial charge on any atom is 0.297 e. The summed E-state index contributed by atoms with van der Waals surface area (Å²) in [5, 5.41) is 2.79. The predicted molar refractivity (Wildman–Crippen MR) is 129 cm³/mol. The van der Waals surface area contributed by atoms with Crippen molar-refractivity contribution in [3.8, 4) is 5.75 Å². The van der Waals surface area contributed by atoms with Crippen LogP contribution in [0, 0.1) is 5.82 Å². The van der Waals surface area contributed by atoms with Gasteiger partial charge in [0.05, 0.1) is 6.54 Å². The number of aromatic nitrogens is 2. The predicted octanol–water partition coefficient (Wildman–Crippen LogP) is 3.76. The van der Waals surface area contributed by atoms with Gasteiger partial charge in [0.2, 0.25) is 5.75 Å². The molecule has 7 nitrogen and oxygen atoms in total. The number of nitrogens with one attached hydrogen (secondary N) is 1. The molecular formula is C25H24FN3O4S. The molecule has 0 aliphatic carbocycles. The van der Waals surface area contributed by atoms with Gasteiger partial charge in [0.15, 0.2) is 17.3 Å². The van der Waals surface area contributed by atoms with Crippen molar-refractivity contribution < 1.29 is 18.7 Å². The molecule has 1 N–H and O–H groups in total. The molecule has 4 rings (SSSR count). The molecule has 1 aliphatic heterocycles. The van der Waals surface area contributed by atoms with Gasteiger partial charge in [-0.1, -0.05) is 43.0 Å². The Morgan fingerprint density at radius 3 is 2.82 bits per heavy atom. The van der Waals surface area contributed by atoms with E-state index in [4.69, 9.17) is 9.47 Å². The van der Waals surface area contributed by atoms with E-state index in [9.17, 15) is 14.0 Å². The van der Waals surface area contributed by atoms with Crippen molar-refractivity contribution >= 4 is 23.4 Å². The first-order valence-corrected chi connectivity index (χ1v) is 12.1. The van der Waals surface area contributed by atoms with E-state index in [0.29, 0.717) is 5.75 Å². The van der Waals surface area contributed by atoms with Crippen molar-refractivity contribution in [2.24, 2.45) is 0 Å². The van der Waals surface area contributed by atoms with Crippen LogP contribution in [0.1, 0.15) is 33.0 Å². The average molecular weight is 482 g/mol. The lowest BCUT2D eigenvalue weighted by atomic mass is 10.1. The minimum Gasteiger partial charge on any atom is -0.488 e. The van der Waals surface area contributed by atoms with Gasteiger partial charge in [0, 0.05) is 12.3 Å². The molecule has 0 radical (unpaired) electrons. The normalized spacial score (nSPS) is 12.6. The lowest BCUT2D eigenvalue weighted by molar-refractivity contribution is 0.0939. The van der Waals surface area contributed by atoms with Gasteiger partial charge in [0.25, 0.3) is 11.5 Å². The highest BCUT2D eigenvalue weighted by Crippen LogP contribution is 2.22. The molecule has 0 unspecified atom stereocenters. The molecule has 0 saturated heterocycles. The summed E-state index contributed by atoms with van der Waals surface area (Å²) in [5.41, 5.74) is 1.79. The zero-order chi connectivity index (χ0) is 24.1. The summed E-state index contributed by atoms with van der Waals surface area (Å²) in [6, 6.07) is 13.8. The first-order valence-electron chi connectivity index (χ1n) is 10.7. The van der Waals surface area contributed by atoms with E-state index < -0.39 is 11.5 Å². The summed E-state index contributed by atoms with van der Waals surface area (Å²) >= 11 is 1.55. The molecule has 2 heterocycles. The summed E-state index contributed by atoms with van der Waals surface area (Å²) in [6.45, 7) is 4.60. The maximum atomic E-state index is 13.7. The van der Waals surface area contributed by atoms with Gasteiger partial charge in [-0.2, -0.15) is 11.8 Å². The van der Waals surface area contributed by atoms with Crippen LogP contribution in [-0.2, 0) is 30.2 Å². The number of rotatable bonds is 8. The van der Waals surface area contributed by atoms with Gasteiger partial charge in [-0.3, -0.25) is 14.2 Å². The van der Waals surface area contributed by atoms with Crippen LogP contribution in [0.3, 0.4) is 0 Å². The maximum absolute atomic E-state index is 13.7. The van der Waals surface area contributed by atoms with E-state index in [2.05, 4.69) is 16.9 Å². The number of halogens is 1. The molecule has 2 aromatic carbocycles. The van der Waals surface area contributed by atoms with Crippen LogP contribution >= 0.6 is 11.8 Å². The summed E-state index contributed by atoms with van der Waals surface area (Å²) in [5.74, 6) is -0.0429. The summed E-state index contributed by atoms with van der Waals surface area (Å²) in [4.78, 5) is 30.8. The number of carbonyl (C=O) groups excluding carboxylic acids is 1. The topological polar surface area (TPSA) is 82.5 Å². The van der Waals surface area contributed by atoms with Gasteiger partial charge < -0.3 is 14.8 Å². The Balaban J connectivity index is 1.64. The van der Waals surface area contributed by atoms with E-state index in [1.807, 2.05) is 36.6 Å². The third-order valence-corrected chi connectivity index (χ3v) is 5.92. The Labute approximate surface area is 200 Å². The monoisotopic (exact) mass is 481 g/mol. The van der Waals surface area contributed by atoms with Crippen LogP contribution in [-0.4, -0.2) is 28.3 Å². The molecule has 0 atom stereocenters. The number of nitrogens with zero attached hydrogens (tertiary/aromatic N) is 2. The summed E-state index contributed by atoms with van der Waals surface area (Å²) < 4.78 is 26.3. The first kappa shape index (κ1) is 23.6. The van der Waals surface area contributed by atoms with Crippen molar-refractivity contribution in [2.75, 3.05) is 12.9 Å². The molecule has 1 aromatic heterocycles. The van der Waals surface area contributed by atoms with E-state index in [-0.39, 0.29) is 55.1 Å². The number of ether oxygens (including phenoxy) is 2. The van der Waals surface area contributed by atoms with Crippen LogP contribution in [0.25, 0.3) is 5.76 Å². The highest BCUT2D eigenvalue weighted by atomic mass is 32.2. The number of carbonyl (C=O) groups is 1. The quantitative estimate of drug-likeness (QED) is 0.528. The Bertz CT molecular complexity index is 1280. The van der Waals surface area contributed by atoms with Crippen LogP contribution in [0.5, 0.6) is 5.75 Å². The molecule has 0 bridgehead atoms. The van der Waals surface area contributed by atoms with E-state index in [0.717, 1.165) is 16.7 Å². The highest BCUT2D eigenvalue weighted by Gasteiger charge is 2.27. The second-order valence-electron chi connectivity index (χ2n) is 7.64. The third-order valence-electron chi connectivity index (χ3n) is 5.32. The average Bonchev–Trinajstić information content (AvgIpc) is 2.84. The fourth-order valence-corrected chi connectivity index (χ4v) is 4.19. The summed E-state index contributed by atoms with van der Waals surface area (Å²) in [6.07, 6.45) is 1.92. The van der Waals surface area contributed by atoms with E-state index in [1.165, 1.54) is 16.7 Å². The van der Waals surface area contributed by atoms with Crippen molar-refractivity contribution in [3.05, 3.63) is 99.5 Å². The molecule has 1 amide bonds. The van der Waals surface area contributed by atoms with Gasteiger partial charge >= 0.3 is 0 Å². The standard InChI is InChI=1S/C25H24FN3O4S/c1-16-23-28-21(24(30)27-13-18-8-9-20(26)12-19(18)15-34-2)22(25(31)29(23)10-11-32-16)33-14-17-6-4-3-5-7-17/h3-9,12H,1,10-11,13-15H2,2H3,(H,27,30). The van der Waals surface area contributed by atoms with Gasteiger partial charge in [-0.05, 0) is 35.1 Å². The molecular weight excluding hydrogens is 457 g/mol. The smallest absolute Gasteiger partial charge is 0.297 e. The minimum absolute atomic E-state index is 0.102. The Hall–Kier alpha value is -3.59. The molecule has 3 aromatic rings. The second kappa shape index (κ2) is 10.6. The van der Waals surface area contributed by atoms with E-state index >= 15 is 0 Å². The van der Waals surface area contributed by atoms with Crippen LogP contribution in [0.15, 0.2) is 59.9 Å². The Morgan fingerprint density at radius 2 is 2.06 bits per heavy atom. The Morgan fingerprint density at radius 1 is 1.26 bits per heavy atom. The summed E-state index contributed by atoms with van der Waals surface area (Å²) in [7, 11) is 0.